The molecule has 0 unspecified atom stereocenters. The van der Waals surface area contributed by atoms with Crippen LogP contribution in [0.25, 0.3) is 11.1 Å². The molecule has 0 radical (unpaired) electrons. The van der Waals surface area contributed by atoms with Crippen LogP contribution in [0.1, 0.15) is 17.3 Å². The number of hydrogen-bond acceptors (Lipinski definition) is 3. The lowest BCUT2D eigenvalue weighted by molar-refractivity contribution is -0.274. The Hall–Kier alpha value is -2.78. The van der Waals surface area contributed by atoms with E-state index in [-0.39, 0.29) is 6.61 Å². The van der Waals surface area contributed by atoms with Crippen LogP contribution in [0.2, 0.25) is 0 Å². The van der Waals surface area contributed by atoms with Gasteiger partial charge < -0.3 is 9.47 Å². The summed E-state index contributed by atoms with van der Waals surface area (Å²) < 4.78 is 102. The average molecular weight is 382 g/mol. The maximum absolute atomic E-state index is 14.3. The summed E-state index contributed by atoms with van der Waals surface area (Å²) in [5.74, 6) is -11.1. The quantitative estimate of drug-likeness (QED) is 0.425. The highest BCUT2D eigenvalue weighted by Crippen LogP contribution is 2.39. The molecule has 140 valence electrons. The third-order valence-electron chi connectivity index (χ3n) is 3.13. The summed E-state index contributed by atoms with van der Waals surface area (Å²) in [5.41, 5.74) is -3.97. The molecule has 0 aliphatic rings. The molecule has 3 nitrogen and oxygen atoms in total. The van der Waals surface area contributed by atoms with Gasteiger partial charge in [-0.1, -0.05) is 18.2 Å². The van der Waals surface area contributed by atoms with Crippen molar-refractivity contribution in [1.82, 2.24) is 0 Å². The fraction of sp³-hybridized carbons (Fsp3) is 0.188. The number of carbonyl (C=O) groups is 1. The number of halogens is 7. The Morgan fingerprint density at radius 1 is 0.962 bits per heavy atom. The van der Waals surface area contributed by atoms with Crippen molar-refractivity contribution in [1.29, 1.82) is 0 Å². The standard InChI is InChI=1S/C16H9F7O3/c1-2-25-15(24)10-13(19)11(17)9(12(18)14(10)20)7-5-3-4-6-8(7)26-16(21,22)23/h3-6H,2H2,1H3. The summed E-state index contributed by atoms with van der Waals surface area (Å²) in [6.45, 7) is 0.963. The fourth-order valence-electron chi connectivity index (χ4n) is 2.14. The second-order valence-electron chi connectivity index (χ2n) is 4.77. The highest BCUT2D eigenvalue weighted by molar-refractivity contribution is 5.91. The van der Waals surface area contributed by atoms with E-state index in [4.69, 9.17) is 0 Å². The van der Waals surface area contributed by atoms with Gasteiger partial charge in [0.25, 0.3) is 0 Å². The number of carbonyl (C=O) groups excluding carboxylic acids is 1. The van der Waals surface area contributed by atoms with Gasteiger partial charge in [0.1, 0.15) is 11.3 Å². The van der Waals surface area contributed by atoms with Crippen LogP contribution >= 0.6 is 0 Å². The van der Waals surface area contributed by atoms with Gasteiger partial charge in [0, 0.05) is 5.56 Å². The number of esters is 1. The van der Waals surface area contributed by atoms with Crippen LogP contribution in [-0.4, -0.2) is 18.9 Å². The maximum atomic E-state index is 14.3. The van der Waals surface area contributed by atoms with Crippen LogP contribution in [0.4, 0.5) is 30.7 Å². The second-order valence-corrected chi connectivity index (χ2v) is 4.77. The summed E-state index contributed by atoms with van der Waals surface area (Å²) in [6.07, 6.45) is -5.22. The first-order valence-electron chi connectivity index (χ1n) is 6.96. The second kappa shape index (κ2) is 7.22. The topological polar surface area (TPSA) is 35.5 Å². The zero-order valence-electron chi connectivity index (χ0n) is 12.9. The van der Waals surface area contributed by atoms with Crippen molar-refractivity contribution in [2.24, 2.45) is 0 Å². The van der Waals surface area contributed by atoms with E-state index in [1.807, 2.05) is 0 Å². The fourth-order valence-corrected chi connectivity index (χ4v) is 2.14. The predicted octanol–water partition coefficient (Wildman–Crippen LogP) is 4.99. The van der Waals surface area contributed by atoms with E-state index in [0.29, 0.717) is 6.07 Å². The molecule has 0 bridgehead atoms. The minimum absolute atomic E-state index is 0.328. The van der Waals surface area contributed by atoms with Crippen LogP contribution < -0.4 is 4.74 Å². The molecule has 10 heteroatoms. The van der Waals surface area contributed by atoms with E-state index in [2.05, 4.69) is 9.47 Å². The van der Waals surface area contributed by atoms with E-state index >= 15 is 0 Å². The van der Waals surface area contributed by atoms with E-state index < -0.39 is 58.0 Å². The SMILES string of the molecule is CCOC(=O)c1c(F)c(F)c(-c2ccccc2OC(F)(F)F)c(F)c1F. The first kappa shape index (κ1) is 19.5. The molecule has 0 saturated carbocycles. The molecule has 2 rings (SSSR count). The van der Waals surface area contributed by atoms with Crippen LogP contribution in [0.3, 0.4) is 0 Å². The number of para-hydroxylation sites is 1. The van der Waals surface area contributed by atoms with Crippen molar-refractivity contribution in [3.8, 4) is 16.9 Å². The Morgan fingerprint density at radius 3 is 2.00 bits per heavy atom. The number of hydrogen-bond donors (Lipinski definition) is 0. The number of ether oxygens (including phenoxy) is 2. The summed E-state index contributed by atoms with van der Waals surface area (Å²) >= 11 is 0. The van der Waals surface area contributed by atoms with Crippen molar-refractivity contribution in [2.75, 3.05) is 6.61 Å². The molecule has 0 atom stereocenters. The number of rotatable bonds is 4. The van der Waals surface area contributed by atoms with Gasteiger partial charge >= 0.3 is 12.3 Å². The lowest BCUT2D eigenvalue weighted by Gasteiger charge is -2.16. The van der Waals surface area contributed by atoms with Crippen molar-refractivity contribution in [2.45, 2.75) is 13.3 Å². The minimum Gasteiger partial charge on any atom is -0.462 e. The van der Waals surface area contributed by atoms with Crippen LogP contribution in [0.15, 0.2) is 24.3 Å². The average Bonchev–Trinajstić information content (AvgIpc) is 2.54. The predicted molar refractivity (Wildman–Crippen MR) is 74.3 cm³/mol. The Morgan fingerprint density at radius 2 is 1.50 bits per heavy atom. The molecule has 2 aromatic carbocycles. The lowest BCUT2D eigenvalue weighted by Crippen LogP contribution is -2.18. The third-order valence-corrected chi connectivity index (χ3v) is 3.13. The zero-order valence-corrected chi connectivity index (χ0v) is 12.9. The normalized spacial score (nSPS) is 11.4. The van der Waals surface area contributed by atoms with E-state index in [1.54, 1.807) is 0 Å². The Kier molecular flexibility index (Phi) is 5.43. The minimum atomic E-state index is -5.22. The number of benzene rings is 2. The van der Waals surface area contributed by atoms with Crippen molar-refractivity contribution in [3.63, 3.8) is 0 Å². The van der Waals surface area contributed by atoms with Crippen LogP contribution in [0, 0.1) is 23.3 Å². The van der Waals surface area contributed by atoms with Gasteiger partial charge in [0.05, 0.1) is 12.2 Å². The monoisotopic (exact) mass is 382 g/mol. The molecular formula is C16H9F7O3. The molecular weight excluding hydrogens is 373 g/mol. The summed E-state index contributed by atoms with van der Waals surface area (Å²) in [5, 5.41) is 0. The zero-order chi connectivity index (χ0) is 19.6. The van der Waals surface area contributed by atoms with Crippen LogP contribution in [-0.2, 0) is 4.74 Å². The van der Waals surface area contributed by atoms with E-state index in [0.717, 1.165) is 18.2 Å². The first-order chi connectivity index (χ1) is 12.1. The van der Waals surface area contributed by atoms with Crippen molar-refractivity contribution >= 4 is 5.97 Å². The summed E-state index contributed by atoms with van der Waals surface area (Å²) in [6, 6.07) is 3.61. The van der Waals surface area contributed by atoms with Gasteiger partial charge in [0.15, 0.2) is 23.3 Å². The molecule has 26 heavy (non-hydrogen) atoms. The van der Waals surface area contributed by atoms with Gasteiger partial charge in [-0.25, -0.2) is 22.4 Å². The molecule has 0 aromatic heterocycles. The summed E-state index contributed by atoms with van der Waals surface area (Å²) in [7, 11) is 0. The largest absolute Gasteiger partial charge is 0.573 e. The number of alkyl halides is 3. The molecule has 0 heterocycles. The Balaban J connectivity index is 2.72. The van der Waals surface area contributed by atoms with Crippen LogP contribution in [0.5, 0.6) is 5.75 Å². The van der Waals surface area contributed by atoms with Gasteiger partial charge in [-0.2, -0.15) is 0 Å². The van der Waals surface area contributed by atoms with Gasteiger partial charge in [-0.15, -0.1) is 13.2 Å². The molecule has 0 aliphatic carbocycles. The molecule has 0 fully saturated rings. The van der Waals surface area contributed by atoms with Gasteiger partial charge in [-0.3, -0.25) is 0 Å². The highest BCUT2D eigenvalue weighted by atomic mass is 19.4. The Bertz CT molecular complexity index is 817. The first-order valence-corrected chi connectivity index (χ1v) is 6.96. The Labute approximate surface area is 141 Å². The van der Waals surface area contributed by atoms with Crippen molar-refractivity contribution in [3.05, 3.63) is 53.1 Å². The van der Waals surface area contributed by atoms with Crippen molar-refractivity contribution < 1.29 is 45.0 Å². The van der Waals surface area contributed by atoms with Gasteiger partial charge in [-0.05, 0) is 13.0 Å². The molecule has 0 aliphatic heterocycles. The molecule has 0 N–H and O–H groups in total. The third kappa shape index (κ3) is 3.73. The molecule has 0 saturated heterocycles. The molecule has 0 spiro atoms. The smallest absolute Gasteiger partial charge is 0.462 e. The van der Waals surface area contributed by atoms with Gasteiger partial charge in [0.2, 0.25) is 0 Å². The maximum Gasteiger partial charge on any atom is 0.573 e. The van der Waals surface area contributed by atoms with E-state index in [9.17, 15) is 35.5 Å². The lowest BCUT2D eigenvalue weighted by atomic mass is 10.00. The summed E-state index contributed by atoms with van der Waals surface area (Å²) in [4.78, 5) is 11.5. The molecule has 0 amide bonds. The highest BCUT2D eigenvalue weighted by Gasteiger charge is 2.35. The van der Waals surface area contributed by atoms with E-state index in [1.165, 1.54) is 6.92 Å². The molecule has 2 aromatic rings.